The highest BCUT2D eigenvalue weighted by atomic mass is 32.2. The first-order valence-electron chi connectivity index (χ1n) is 10.2. The molecule has 0 amide bonds. The van der Waals surface area contributed by atoms with Gasteiger partial charge in [0.25, 0.3) is 0 Å². The third-order valence-electron chi connectivity index (χ3n) is 5.21. The maximum atomic E-state index is 12.3. The number of rotatable bonds is 9. The van der Waals surface area contributed by atoms with Crippen LogP contribution in [-0.4, -0.2) is 49.6 Å². The molecule has 2 heterocycles. The fourth-order valence-corrected chi connectivity index (χ4v) is 4.31. The Kier molecular flexibility index (Phi) is 9.91. The molecule has 0 aromatic heterocycles. The summed E-state index contributed by atoms with van der Waals surface area (Å²) in [5.41, 5.74) is -5.91. The van der Waals surface area contributed by atoms with Gasteiger partial charge >= 0.3 is 15.6 Å². The van der Waals surface area contributed by atoms with Gasteiger partial charge in [0.15, 0.2) is 0 Å². The normalized spacial score (nSPS) is 29.6. The number of halogens is 3. The first-order valence-corrected chi connectivity index (χ1v) is 11.6. The lowest BCUT2D eigenvalue weighted by molar-refractivity contribution is -0.168. The molecule has 2 rings (SSSR count). The Morgan fingerprint density at radius 3 is 2.45 bits per heavy atom. The number of alkyl halides is 3. The highest BCUT2D eigenvalue weighted by Gasteiger charge is 2.52. The molecule has 6 nitrogen and oxygen atoms in total. The van der Waals surface area contributed by atoms with E-state index in [0.717, 1.165) is 19.3 Å². The molecule has 0 aromatic rings. The van der Waals surface area contributed by atoms with Gasteiger partial charge in [-0.3, -0.25) is 0 Å². The summed E-state index contributed by atoms with van der Waals surface area (Å²) in [6.45, 7) is 9.39. The summed E-state index contributed by atoms with van der Waals surface area (Å²) < 4.78 is 75.4. The van der Waals surface area contributed by atoms with Crippen molar-refractivity contribution >= 4 is 10.1 Å². The fourth-order valence-electron chi connectivity index (χ4n) is 3.82. The SMILES string of the molecule is C=C(CCC1CC[C@@H]2O[C@@H](CCCO)CC2(CC)O1)OS(=O)(=O)C(F)(F)F.CC. The topological polar surface area (TPSA) is 82.1 Å². The van der Waals surface area contributed by atoms with Crippen molar-refractivity contribution in [2.45, 2.75) is 102 Å². The first kappa shape index (κ1) is 26.2. The molecule has 0 spiro atoms. The average Bonchev–Trinajstić information content (AvgIpc) is 3.03. The Bertz CT molecular complexity index is 622. The van der Waals surface area contributed by atoms with Gasteiger partial charge in [-0.2, -0.15) is 21.6 Å². The van der Waals surface area contributed by atoms with E-state index >= 15 is 0 Å². The summed E-state index contributed by atoms with van der Waals surface area (Å²) >= 11 is 0. The van der Waals surface area contributed by atoms with E-state index in [1.807, 2.05) is 20.8 Å². The van der Waals surface area contributed by atoms with Gasteiger partial charge in [0.1, 0.15) is 5.76 Å². The molecule has 10 heteroatoms. The van der Waals surface area contributed by atoms with Crippen LogP contribution in [0.15, 0.2) is 12.3 Å². The highest BCUT2D eigenvalue weighted by Crippen LogP contribution is 2.45. The quantitative estimate of drug-likeness (QED) is 0.321. The van der Waals surface area contributed by atoms with E-state index in [1.54, 1.807) is 0 Å². The van der Waals surface area contributed by atoms with Crippen LogP contribution in [0.2, 0.25) is 0 Å². The van der Waals surface area contributed by atoms with Crippen LogP contribution in [-0.2, 0) is 23.8 Å². The fraction of sp³-hybridized carbons (Fsp3) is 0.895. The molecule has 2 unspecified atom stereocenters. The smallest absolute Gasteiger partial charge is 0.396 e. The van der Waals surface area contributed by atoms with Gasteiger partial charge in [-0.05, 0) is 38.5 Å². The largest absolute Gasteiger partial charge is 0.534 e. The number of allylic oxidation sites excluding steroid dienone is 1. The van der Waals surface area contributed by atoms with Crippen LogP contribution in [0, 0.1) is 0 Å². The van der Waals surface area contributed by atoms with Crippen LogP contribution in [0.1, 0.15) is 72.1 Å². The molecule has 172 valence electrons. The number of aliphatic hydroxyl groups excluding tert-OH is 1. The monoisotopic (exact) mass is 446 g/mol. The minimum absolute atomic E-state index is 0.0241. The molecular weight excluding hydrogens is 413 g/mol. The van der Waals surface area contributed by atoms with Crippen LogP contribution in [0.25, 0.3) is 0 Å². The third kappa shape index (κ3) is 6.83. The lowest BCUT2D eigenvalue weighted by Gasteiger charge is -2.41. The lowest BCUT2D eigenvalue weighted by atomic mass is 9.83. The summed E-state index contributed by atoms with van der Waals surface area (Å²) in [4.78, 5) is 0. The van der Waals surface area contributed by atoms with Crippen molar-refractivity contribution in [2.24, 2.45) is 0 Å². The van der Waals surface area contributed by atoms with Crippen LogP contribution in [0.3, 0.4) is 0 Å². The van der Waals surface area contributed by atoms with Gasteiger partial charge < -0.3 is 18.8 Å². The van der Waals surface area contributed by atoms with Crippen molar-refractivity contribution in [3.63, 3.8) is 0 Å². The van der Waals surface area contributed by atoms with Gasteiger partial charge in [-0.15, -0.1) is 0 Å². The zero-order chi connectivity index (χ0) is 22.3. The van der Waals surface area contributed by atoms with E-state index in [2.05, 4.69) is 10.8 Å². The molecule has 2 saturated heterocycles. The summed E-state index contributed by atoms with van der Waals surface area (Å²) in [7, 11) is -5.68. The van der Waals surface area contributed by atoms with E-state index in [9.17, 15) is 21.6 Å². The molecule has 0 saturated carbocycles. The maximum absolute atomic E-state index is 12.3. The Morgan fingerprint density at radius 1 is 1.24 bits per heavy atom. The first-order chi connectivity index (χ1) is 13.5. The standard InChI is InChI=1S/C17H27F3O6S.C2H6/c1-3-16-11-14(5-4-10-21)24-15(16)9-8-13(25-16)7-6-12(2)26-27(22,23)17(18,19)20;1-2/h13-15,21H,2-11H2,1H3;1-2H3/t13?,14-,15-,16?;/m0./s1. The zero-order valence-electron chi connectivity index (χ0n) is 17.3. The van der Waals surface area contributed by atoms with E-state index in [4.69, 9.17) is 14.6 Å². The predicted molar refractivity (Wildman–Crippen MR) is 103 cm³/mol. The van der Waals surface area contributed by atoms with Crippen LogP contribution < -0.4 is 0 Å². The zero-order valence-corrected chi connectivity index (χ0v) is 18.2. The summed E-state index contributed by atoms with van der Waals surface area (Å²) in [6, 6.07) is 0. The molecule has 2 aliphatic heterocycles. The lowest BCUT2D eigenvalue weighted by Crippen LogP contribution is -2.47. The van der Waals surface area contributed by atoms with E-state index in [1.165, 1.54) is 0 Å². The number of fused-ring (bicyclic) bond motifs is 1. The van der Waals surface area contributed by atoms with Crippen LogP contribution in [0.5, 0.6) is 0 Å². The van der Waals surface area contributed by atoms with Gasteiger partial charge in [0.2, 0.25) is 0 Å². The molecule has 4 atom stereocenters. The molecular formula is C19H33F3O6S. The van der Waals surface area contributed by atoms with Crippen LogP contribution in [0.4, 0.5) is 13.2 Å². The Morgan fingerprint density at radius 2 is 1.90 bits per heavy atom. The number of aliphatic hydroxyl groups is 1. The predicted octanol–water partition coefficient (Wildman–Crippen LogP) is 4.43. The van der Waals surface area contributed by atoms with Crippen molar-refractivity contribution in [1.82, 2.24) is 0 Å². The molecule has 2 aliphatic rings. The van der Waals surface area contributed by atoms with E-state index < -0.39 is 27.0 Å². The number of hydrogen-bond acceptors (Lipinski definition) is 6. The molecule has 0 radical (unpaired) electrons. The molecule has 0 bridgehead atoms. The van der Waals surface area contributed by atoms with Gasteiger partial charge in [0.05, 0.1) is 23.9 Å². The van der Waals surface area contributed by atoms with Gasteiger partial charge in [-0.1, -0.05) is 27.4 Å². The molecule has 0 aromatic carbocycles. The Labute approximate surface area is 171 Å². The molecule has 29 heavy (non-hydrogen) atoms. The minimum atomic E-state index is -5.68. The second kappa shape index (κ2) is 11.0. The van der Waals surface area contributed by atoms with Crippen LogP contribution >= 0.6 is 0 Å². The van der Waals surface area contributed by atoms with Crippen molar-refractivity contribution in [2.75, 3.05) is 6.61 Å². The maximum Gasteiger partial charge on any atom is 0.534 e. The highest BCUT2D eigenvalue weighted by molar-refractivity contribution is 7.87. The van der Waals surface area contributed by atoms with Gasteiger partial charge in [-0.25, -0.2) is 0 Å². The Balaban J connectivity index is 0.00000204. The average molecular weight is 447 g/mol. The molecule has 0 aliphatic carbocycles. The Hall–Kier alpha value is -0.840. The summed E-state index contributed by atoms with van der Waals surface area (Å²) in [6.07, 6.45) is 4.34. The van der Waals surface area contributed by atoms with E-state index in [0.29, 0.717) is 25.7 Å². The van der Waals surface area contributed by atoms with Gasteiger partial charge in [0, 0.05) is 19.4 Å². The third-order valence-corrected chi connectivity index (χ3v) is 6.23. The second-order valence-corrected chi connectivity index (χ2v) is 8.65. The van der Waals surface area contributed by atoms with Crippen molar-refractivity contribution < 1.29 is 40.4 Å². The molecule has 1 N–H and O–H groups in total. The van der Waals surface area contributed by atoms with Crippen molar-refractivity contribution in [3.05, 3.63) is 12.3 Å². The van der Waals surface area contributed by atoms with Crippen molar-refractivity contribution in [3.8, 4) is 0 Å². The molecule has 2 fully saturated rings. The summed E-state index contributed by atoms with van der Waals surface area (Å²) in [5.74, 6) is -0.452. The van der Waals surface area contributed by atoms with Crippen molar-refractivity contribution in [1.29, 1.82) is 0 Å². The second-order valence-electron chi connectivity index (χ2n) is 7.11. The summed E-state index contributed by atoms with van der Waals surface area (Å²) in [5, 5.41) is 8.98. The minimum Gasteiger partial charge on any atom is -0.396 e. The number of hydrogen-bond donors (Lipinski definition) is 1. The number of ether oxygens (including phenoxy) is 2. The van der Waals surface area contributed by atoms with E-state index in [-0.39, 0.29) is 31.3 Å².